The van der Waals surface area contributed by atoms with Crippen LogP contribution in [0.5, 0.6) is 0 Å². The number of thiophene rings is 1. The third kappa shape index (κ3) is 3.92. The molecule has 0 aliphatic heterocycles. The van der Waals surface area contributed by atoms with E-state index in [1.165, 1.54) is 11.3 Å². The highest BCUT2D eigenvalue weighted by Crippen LogP contribution is 2.22. The molecule has 0 atom stereocenters. The molecule has 0 fully saturated rings. The van der Waals surface area contributed by atoms with Gasteiger partial charge in [0.15, 0.2) is 0 Å². The van der Waals surface area contributed by atoms with Crippen molar-refractivity contribution in [3.63, 3.8) is 0 Å². The Labute approximate surface area is 167 Å². The van der Waals surface area contributed by atoms with E-state index in [-0.39, 0.29) is 5.91 Å². The molecule has 0 unspecified atom stereocenters. The number of hydrogen-bond acceptors (Lipinski definition) is 4. The van der Waals surface area contributed by atoms with E-state index in [0.717, 1.165) is 27.4 Å². The fourth-order valence-corrected chi connectivity index (χ4v) is 3.49. The molecule has 0 saturated heterocycles. The lowest BCUT2D eigenvalue weighted by Gasteiger charge is -2.00. The molecule has 2 aromatic heterocycles. The largest absolute Gasteiger partial charge is 0.272 e. The first-order valence-electron chi connectivity index (χ1n) is 8.80. The van der Waals surface area contributed by atoms with Gasteiger partial charge in [0.2, 0.25) is 0 Å². The molecule has 0 bridgehead atoms. The number of carbonyl (C=O) groups excluding carboxylic acids is 1. The zero-order valence-electron chi connectivity index (χ0n) is 15.2. The number of para-hydroxylation sites is 1. The molecule has 28 heavy (non-hydrogen) atoms. The van der Waals surface area contributed by atoms with Crippen LogP contribution in [0.2, 0.25) is 0 Å². The van der Waals surface area contributed by atoms with Crippen LogP contribution < -0.4 is 5.43 Å². The van der Waals surface area contributed by atoms with Gasteiger partial charge >= 0.3 is 0 Å². The summed E-state index contributed by atoms with van der Waals surface area (Å²) in [5.74, 6) is -0.225. The number of rotatable bonds is 5. The van der Waals surface area contributed by atoms with Gasteiger partial charge in [-0.3, -0.25) is 4.79 Å². The summed E-state index contributed by atoms with van der Waals surface area (Å²) < 4.78 is 1.81. The second-order valence-electron chi connectivity index (χ2n) is 6.22. The summed E-state index contributed by atoms with van der Waals surface area (Å²) in [6.07, 6.45) is 3.54. The van der Waals surface area contributed by atoms with Gasteiger partial charge in [-0.05, 0) is 25.1 Å². The van der Waals surface area contributed by atoms with Crippen LogP contribution in [0.1, 0.15) is 20.8 Å². The number of hydrogen-bond donors (Lipinski definition) is 1. The minimum absolute atomic E-state index is 0.225. The Hall–Kier alpha value is -3.51. The van der Waals surface area contributed by atoms with Crippen LogP contribution >= 0.6 is 11.3 Å². The Morgan fingerprint density at radius 3 is 2.50 bits per heavy atom. The summed E-state index contributed by atoms with van der Waals surface area (Å²) in [6.45, 7) is 1.97. The van der Waals surface area contributed by atoms with E-state index in [4.69, 9.17) is 5.10 Å². The van der Waals surface area contributed by atoms with E-state index in [1.807, 2.05) is 89.9 Å². The van der Waals surface area contributed by atoms with Gasteiger partial charge in [-0.2, -0.15) is 10.2 Å². The Kier molecular flexibility index (Phi) is 5.12. The van der Waals surface area contributed by atoms with E-state index in [1.54, 1.807) is 6.21 Å². The maximum atomic E-state index is 12.2. The molecule has 2 heterocycles. The molecule has 4 rings (SSSR count). The van der Waals surface area contributed by atoms with Gasteiger partial charge in [0.25, 0.3) is 5.91 Å². The van der Waals surface area contributed by atoms with Crippen molar-refractivity contribution in [3.8, 4) is 16.9 Å². The fraction of sp³-hybridized carbons (Fsp3) is 0.0455. The molecule has 0 radical (unpaired) electrons. The summed E-state index contributed by atoms with van der Waals surface area (Å²) >= 11 is 1.54. The van der Waals surface area contributed by atoms with Crippen LogP contribution in [0.3, 0.4) is 0 Å². The molecular weight excluding hydrogens is 368 g/mol. The number of carbonyl (C=O) groups is 1. The third-order valence-corrected chi connectivity index (χ3v) is 5.03. The molecule has 2 aromatic carbocycles. The molecule has 0 saturated carbocycles. The Morgan fingerprint density at radius 2 is 1.82 bits per heavy atom. The fourth-order valence-electron chi connectivity index (χ4n) is 2.80. The van der Waals surface area contributed by atoms with Crippen molar-refractivity contribution in [1.82, 2.24) is 15.2 Å². The average molecular weight is 386 g/mol. The Balaban J connectivity index is 1.63. The highest BCUT2D eigenvalue weighted by molar-refractivity contribution is 7.10. The number of aryl methyl sites for hydroxylation is 1. The lowest BCUT2D eigenvalue weighted by molar-refractivity contribution is 0.0955. The normalized spacial score (nSPS) is 11.0. The van der Waals surface area contributed by atoms with E-state index in [2.05, 4.69) is 10.5 Å². The van der Waals surface area contributed by atoms with Crippen molar-refractivity contribution >= 4 is 23.5 Å². The summed E-state index contributed by atoms with van der Waals surface area (Å²) in [5.41, 5.74) is 6.76. The van der Waals surface area contributed by atoms with Gasteiger partial charge in [-0.25, -0.2) is 10.1 Å². The van der Waals surface area contributed by atoms with Crippen molar-refractivity contribution in [1.29, 1.82) is 0 Å². The second-order valence-corrected chi connectivity index (χ2v) is 7.34. The molecule has 6 heteroatoms. The van der Waals surface area contributed by atoms with Gasteiger partial charge in [0.1, 0.15) is 5.69 Å². The number of aromatic nitrogens is 2. The summed E-state index contributed by atoms with van der Waals surface area (Å²) in [4.78, 5) is 13.3. The van der Waals surface area contributed by atoms with E-state index >= 15 is 0 Å². The predicted octanol–water partition coefficient (Wildman–Crippen LogP) is 4.67. The number of hydrazone groups is 1. The summed E-state index contributed by atoms with van der Waals surface area (Å²) in [5, 5.41) is 10.7. The van der Waals surface area contributed by atoms with Crippen molar-refractivity contribution in [3.05, 3.63) is 94.3 Å². The topological polar surface area (TPSA) is 59.3 Å². The van der Waals surface area contributed by atoms with Crippen molar-refractivity contribution < 1.29 is 4.79 Å². The third-order valence-electron chi connectivity index (χ3n) is 4.17. The minimum atomic E-state index is -0.225. The first kappa shape index (κ1) is 17.9. The van der Waals surface area contributed by atoms with Gasteiger partial charge in [0, 0.05) is 27.6 Å². The van der Waals surface area contributed by atoms with Crippen LogP contribution in [-0.4, -0.2) is 21.9 Å². The quantitative estimate of drug-likeness (QED) is 0.400. The number of amides is 1. The molecule has 0 aliphatic rings. The molecule has 1 N–H and O–H groups in total. The highest BCUT2D eigenvalue weighted by Gasteiger charge is 2.11. The van der Waals surface area contributed by atoms with Crippen LogP contribution in [0.15, 0.2) is 83.4 Å². The molecule has 0 spiro atoms. The van der Waals surface area contributed by atoms with Crippen molar-refractivity contribution in [2.75, 3.05) is 0 Å². The maximum Gasteiger partial charge on any atom is 0.272 e. The molecule has 5 nitrogen and oxygen atoms in total. The summed E-state index contributed by atoms with van der Waals surface area (Å²) in [7, 11) is 0. The minimum Gasteiger partial charge on any atom is -0.267 e. The molecule has 0 aliphatic carbocycles. The lowest BCUT2D eigenvalue weighted by Crippen LogP contribution is -2.16. The molecular formula is C22H18N4OS. The lowest BCUT2D eigenvalue weighted by atomic mass is 10.1. The van der Waals surface area contributed by atoms with Gasteiger partial charge in [-0.1, -0.05) is 48.5 Å². The molecule has 4 aromatic rings. The summed E-state index contributed by atoms with van der Waals surface area (Å²) in [6, 6.07) is 21.6. The monoisotopic (exact) mass is 386 g/mol. The zero-order chi connectivity index (χ0) is 19.3. The molecule has 138 valence electrons. The molecule has 1 amide bonds. The van der Waals surface area contributed by atoms with Crippen LogP contribution in [-0.2, 0) is 0 Å². The number of nitrogens with zero attached hydrogens (tertiary/aromatic N) is 3. The van der Waals surface area contributed by atoms with Gasteiger partial charge in [-0.15, -0.1) is 11.3 Å². The van der Waals surface area contributed by atoms with Crippen LogP contribution in [0, 0.1) is 6.92 Å². The number of benzene rings is 2. The zero-order valence-corrected chi connectivity index (χ0v) is 16.1. The maximum absolute atomic E-state index is 12.2. The SMILES string of the molecule is Cc1cc(C(=O)NN=Cc2cn(-c3ccccc3)nc2-c2ccccc2)cs1. The van der Waals surface area contributed by atoms with Crippen LogP contribution in [0.4, 0.5) is 0 Å². The van der Waals surface area contributed by atoms with Crippen molar-refractivity contribution in [2.45, 2.75) is 6.92 Å². The highest BCUT2D eigenvalue weighted by atomic mass is 32.1. The smallest absolute Gasteiger partial charge is 0.267 e. The van der Waals surface area contributed by atoms with Crippen molar-refractivity contribution in [2.24, 2.45) is 5.10 Å². The standard InChI is InChI=1S/C22H18N4OS/c1-16-12-18(15-28-16)22(27)24-23-13-19-14-26(20-10-6-3-7-11-20)25-21(19)17-8-4-2-5-9-17/h2-15H,1H3,(H,24,27). The average Bonchev–Trinajstić information content (AvgIpc) is 3.36. The van der Waals surface area contributed by atoms with Crippen LogP contribution in [0.25, 0.3) is 16.9 Å². The Morgan fingerprint density at radius 1 is 1.11 bits per heavy atom. The first-order chi connectivity index (χ1) is 13.7. The van der Waals surface area contributed by atoms with Gasteiger partial charge in [0.05, 0.1) is 17.5 Å². The van der Waals surface area contributed by atoms with E-state index < -0.39 is 0 Å². The Bertz CT molecular complexity index is 1110. The number of nitrogens with one attached hydrogen (secondary N) is 1. The second kappa shape index (κ2) is 8.02. The first-order valence-corrected chi connectivity index (χ1v) is 9.68. The van der Waals surface area contributed by atoms with E-state index in [0.29, 0.717) is 5.56 Å². The predicted molar refractivity (Wildman–Crippen MR) is 113 cm³/mol. The van der Waals surface area contributed by atoms with E-state index in [9.17, 15) is 4.79 Å². The van der Waals surface area contributed by atoms with Gasteiger partial charge < -0.3 is 0 Å².